The molecule has 1 rings (SSSR count). The van der Waals surface area contributed by atoms with Crippen molar-refractivity contribution < 1.29 is 19.2 Å². The Labute approximate surface area is 136 Å². The fraction of sp³-hybridized carbons (Fsp3) is 0.750. The van der Waals surface area contributed by atoms with Crippen molar-refractivity contribution in [3.8, 4) is 0 Å². The van der Waals surface area contributed by atoms with Gasteiger partial charge in [-0.05, 0) is 32.6 Å². The van der Waals surface area contributed by atoms with E-state index in [1.165, 1.54) is 6.92 Å². The fourth-order valence-electron chi connectivity index (χ4n) is 2.86. The van der Waals surface area contributed by atoms with Gasteiger partial charge < -0.3 is 16.4 Å². The van der Waals surface area contributed by atoms with E-state index in [1.54, 1.807) is 13.8 Å². The monoisotopic (exact) mass is 325 g/mol. The highest BCUT2D eigenvalue weighted by atomic mass is 16.2. The van der Waals surface area contributed by atoms with Gasteiger partial charge in [-0.1, -0.05) is 20.3 Å². The number of primary amides is 1. The summed E-state index contributed by atoms with van der Waals surface area (Å²) in [7, 11) is 0. The molecule has 0 saturated heterocycles. The van der Waals surface area contributed by atoms with Crippen LogP contribution in [0.3, 0.4) is 0 Å². The van der Waals surface area contributed by atoms with Crippen molar-refractivity contribution in [1.29, 1.82) is 0 Å². The van der Waals surface area contributed by atoms with Crippen molar-refractivity contribution >= 4 is 23.5 Å². The summed E-state index contributed by atoms with van der Waals surface area (Å²) in [4.78, 5) is 47.3. The third-order valence-electron chi connectivity index (χ3n) is 4.40. The molecule has 0 heterocycles. The molecule has 0 aromatic carbocycles. The number of carbonyl (C=O) groups is 4. The van der Waals surface area contributed by atoms with Gasteiger partial charge in [0.15, 0.2) is 11.6 Å². The lowest BCUT2D eigenvalue weighted by molar-refractivity contribution is -0.151. The Balaban J connectivity index is 2.64. The predicted octanol–water partition coefficient (Wildman–Crippen LogP) is 0.904. The van der Waals surface area contributed by atoms with Crippen LogP contribution in [0.5, 0.6) is 0 Å². The predicted molar refractivity (Wildman–Crippen MR) is 85.6 cm³/mol. The molecule has 7 heteroatoms. The van der Waals surface area contributed by atoms with E-state index in [-0.39, 0.29) is 23.4 Å². The topological polar surface area (TPSA) is 118 Å². The second-order valence-corrected chi connectivity index (χ2v) is 6.52. The summed E-state index contributed by atoms with van der Waals surface area (Å²) in [5, 5.41) is 5.17. The summed E-state index contributed by atoms with van der Waals surface area (Å²) in [6, 6.07) is -1.26. The second kappa shape index (κ2) is 8.08. The van der Waals surface area contributed by atoms with Crippen molar-refractivity contribution in [2.75, 3.05) is 6.54 Å². The van der Waals surface area contributed by atoms with Crippen molar-refractivity contribution in [2.24, 2.45) is 17.1 Å². The van der Waals surface area contributed by atoms with E-state index in [0.717, 1.165) is 6.42 Å². The van der Waals surface area contributed by atoms with E-state index in [0.29, 0.717) is 32.2 Å². The molecule has 1 fully saturated rings. The first-order valence-electron chi connectivity index (χ1n) is 8.09. The second-order valence-electron chi connectivity index (χ2n) is 6.52. The Hall–Kier alpha value is -1.92. The van der Waals surface area contributed by atoms with Gasteiger partial charge in [0, 0.05) is 12.5 Å². The zero-order valence-corrected chi connectivity index (χ0v) is 14.1. The Bertz CT molecular complexity index is 484. The minimum Gasteiger partial charge on any atom is -0.352 e. The van der Waals surface area contributed by atoms with Gasteiger partial charge in [-0.15, -0.1) is 0 Å². The van der Waals surface area contributed by atoms with Gasteiger partial charge in [0.1, 0.15) is 5.41 Å². The summed E-state index contributed by atoms with van der Waals surface area (Å²) in [5.74, 6) is -0.773. The number of Topliss-reactive ketones (excluding diaryl/α,β-unsaturated/α-hetero) is 2. The van der Waals surface area contributed by atoms with Crippen LogP contribution in [0.4, 0.5) is 4.79 Å². The average Bonchev–Trinajstić information content (AvgIpc) is 2.40. The molecule has 1 aliphatic carbocycles. The largest absolute Gasteiger partial charge is 0.352 e. The SMILES string of the molecule is CC(=O)C(CCCNC(N)=O)NC(=O)C1(C(=O)C(C)C)CCC1. The smallest absolute Gasteiger partial charge is 0.312 e. The number of nitrogens with one attached hydrogen (secondary N) is 2. The highest BCUT2D eigenvalue weighted by Gasteiger charge is 2.51. The fourth-order valence-corrected chi connectivity index (χ4v) is 2.86. The number of amides is 3. The number of rotatable bonds is 9. The van der Waals surface area contributed by atoms with Gasteiger partial charge in [-0.2, -0.15) is 0 Å². The van der Waals surface area contributed by atoms with E-state index < -0.39 is 17.5 Å². The standard InChI is InChI=1S/C16H27N3O4/c1-10(2)13(21)16(7-5-8-16)14(22)19-12(11(3)20)6-4-9-18-15(17)23/h10,12H,4-9H2,1-3H3,(H,19,22)(H3,17,18,23). The Morgan fingerprint density at radius 3 is 2.17 bits per heavy atom. The van der Waals surface area contributed by atoms with Crippen LogP contribution in [0.15, 0.2) is 0 Å². The molecule has 1 aliphatic rings. The van der Waals surface area contributed by atoms with E-state index in [2.05, 4.69) is 10.6 Å². The van der Waals surface area contributed by atoms with Crippen LogP contribution >= 0.6 is 0 Å². The first-order chi connectivity index (χ1) is 10.7. The first-order valence-corrected chi connectivity index (χ1v) is 8.09. The van der Waals surface area contributed by atoms with Crippen LogP contribution in [-0.2, 0) is 14.4 Å². The summed E-state index contributed by atoms with van der Waals surface area (Å²) in [6.07, 6.45) is 2.85. The molecule has 130 valence electrons. The van der Waals surface area contributed by atoms with E-state index in [9.17, 15) is 19.2 Å². The Morgan fingerprint density at radius 2 is 1.78 bits per heavy atom. The average molecular weight is 325 g/mol. The maximum absolute atomic E-state index is 12.6. The highest BCUT2D eigenvalue weighted by Crippen LogP contribution is 2.43. The van der Waals surface area contributed by atoms with E-state index in [4.69, 9.17) is 5.73 Å². The zero-order valence-electron chi connectivity index (χ0n) is 14.1. The number of hydrogen-bond donors (Lipinski definition) is 3. The van der Waals surface area contributed by atoms with Gasteiger partial charge in [-0.25, -0.2) is 4.79 Å². The molecular weight excluding hydrogens is 298 g/mol. The molecule has 4 N–H and O–H groups in total. The van der Waals surface area contributed by atoms with Gasteiger partial charge >= 0.3 is 6.03 Å². The van der Waals surface area contributed by atoms with Crippen LogP contribution in [0.25, 0.3) is 0 Å². The molecule has 0 aromatic heterocycles. The normalized spacial score (nSPS) is 17.0. The number of ketones is 2. The highest BCUT2D eigenvalue weighted by molar-refractivity contribution is 6.08. The first kappa shape index (κ1) is 19.1. The van der Waals surface area contributed by atoms with Crippen LogP contribution in [0.1, 0.15) is 52.9 Å². The Kier molecular flexibility index (Phi) is 6.72. The third-order valence-corrected chi connectivity index (χ3v) is 4.40. The molecule has 3 amide bonds. The molecule has 1 unspecified atom stereocenters. The summed E-state index contributed by atoms with van der Waals surface area (Å²) in [6.45, 7) is 5.32. The summed E-state index contributed by atoms with van der Waals surface area (Å²) >= 11 is 0. The zero-order chi connectivity index (χ0) is 17.6. The number of nitrogens with two attached hydrogens (primary N) is 1. The van der Waals surface area contributed by atoms with Crippen LogP contribution in [0, 0.1) is 11.3 Å². The maximum Gasteiger partial charge on any atom is 0.312 e. The molecule has 1 atom stereocenters. The lowest BCUT2D eigenvalue weighted by atomic mass is 9.63. The minimum atomic E-state index is -0.965. The van der Waals surface area contributed by atoms with Crippen LogP contribution in [-0.4, -0.2) is 36.1 Å². The van der Waals surface area contributed by atoms with Crippen molar-refractivity contribution in [2.45, 2.75) is 58.9 Å². The van der Waals surface area contributed by atoms with E-state index >= 15 is 0 Å². The third kappa shape index (κ3) is 4.77. The minimum absolute atomic E-state index is 0.0565. The molecule has 0 bridgehead atoms. The maximum atomic E-state index is 12.6. The molecular formula is C16H27N3O4. The summed E-state index contributed by atoms with van der Waals surface area (Å²) < 4.78 is 0. The van der Waals surface area contributed by atoms with Crippen molar-refractivity contribution in [1.82, 2.24) is 10.6 Å². The lowest BCUT2D eigenvalue weighted by Gasteiger charge is -2.40. The molecule has 0 radical (unpaired) electrons. The van der Waals surface area contributed by atoms with E-state index in [1.807, 2.05) is 0 Å². The molecule has 23 heavy (non-hydrogen) atoms. The molecule has 7 nitrogen and oxygen atoms in total. The number of urea groups is 1. The lowest BCUT2D eigenvalue weighted by Crippen LogP contribution is -2.55. The molecule has 1 saturated carbocycles. The van der Waals surface area contributed by atoms with Gasteiger partial charge in [-0.3, -0.25) is 14.4 Å². The van der Waals surface area contributed by atoms with Crippen LogP contribution in [0.2, 0.25) is 0 Å². The van der Waals surface area contributed by atoms with Crippen molar-refractivity contribution in [3.63, 3.8) is 0 Å². The number of carbonyl (C=O) groups excluding carboxylic acids is 4. The summed E-state index contributed by atoms with van der Waals surface area (Å²) in [5.41, 5.74) is 4.01. The number of hydrogen-bond acceptors (Lipinski definition) is 4. The van der Waals surface area contributed by atoms with Crippen molar-refractivity contribution in [3.05, 3.63) is 0 Å². The molecule has 0 aromatic rings. The van der Waals surface area contributed by atoms with Gasteiger partial charge in [0.05, 0.1) is 6.04 Å². The van der Waals surface area contributed by atoms with Gasteiger partial charge in [0.2, 0.25) is 5.91 Å². The Morgan fingerprint density at radius 1 is 1.17 bits per heavy atom. The molecule has 0 aliphatic heterocycles. The van der Waals surface area contributed by atoms with Crippen LogP contribution < -0.4 is 16.4 Å². The molecule has 0 spiro atoms. The van der Waals surface area contributed by atoms with Gasteiger partial charge in [0.25, 0.3) is 0 Å². The quantitative estimate of drug-likeness (QED) is 0.431.